The molecule has 3 rings (SSSR count). The van der Waals surface area contributed by atoms with Gasteiger partial charge in [-0.25, -0.2) is 0 Å². The number of ketones is 1. The van der Waals surface area contributed by atoms with Gasteiger partial charge in [-0.05, 0) is 48.9 Å². The lowest BCUT2D eigenvalue weighted by atomic mass is 9.98. The number of hydrogen-bond donors (Lipinski definition) is 1. The fourth-order valence-electron chi connectivity index (χ4n) is 2.58. The maximum atomic E-state index is 12.6. The third-order valence-corrected chi connectivity index (χ3v) is 3.66. The van der Waals surface area contributed by atoms with Crippen molar-refractivity contribution in [3.8, 4) is 11.5 Å². The summed E-state index contributed by atoms with van der Waals surface area (Å²) < 4.78 is 10.8. The molecule has 1 aliphatic rings. The molecule has 0 saturated heterocycles. The van der Waals surface area contributed by atoms with Crippen LogP contribution in [-0.2, 0) is 6.42 Å². The van der Waals surface area contributed by atoms with Crippen molar-refractivity contribution < 1.29 is 14.3 Å². The number of rotatable bonds is 3. The summed E-state index contributed by atoms with van der Waals surface area (Å²) in [4.78, 5) is 12.6. The van der Waals surface area contributed by atoms with E-state index in [0.29, 0.717) is 22.6 Å². The van der Waals surface area contributed by atoms with Gasteiger partial charge in [-0.1, -0.05) is 0 Å². The number of hydrogen-bond acceptors (Lipinski definition) is 4. The van der Waals surface area contributed by atoms with Crippen LogP contribution in [0.5, 0.6) is 11.5 Å². The summed E-state index contributed by atoms with van der Waals surface area (Å²) >= 11 is 0. The van der Waals surface area contributed by atoms with E-state index >= 15 is 0 Å². The van der Waals surface area contributed by atoms with Gasteiger partial charge in [0.05, 0.1) is 7.11 Å². The molecular formula is C17H17NO3. The van der Waals surface area contributed by atoms with Gasteiger partial charge in [-0.3, -0.25) is 4.79 Å². The van der Waals surface area contributed by atoms with Crippen LogP contribution in [0, 0.1) is 0 Å². The first kappa shape index (κ1) is 13.5. The first-order chi connectivity index (χ1) is 10.1. The number of benzene rings is 2. The van der Waals surface area contributed by atoms with E-state index in [9.17, 15) is 4.79 Å². The highest BCUT2D eigenvalue weighted by atomic mass is 16.5. The van der Waals surface area contributed by atoms with Crippen molar-refractivity contribution in [2.24, 2.45) is 0 Å². The Labute approximate surface area is 123 Å². The number of carbonyl (C=O) groups is 1. The normalized spacial score (nSPS) is 16.2. The number of anilines is 1. The summed E-state index contributed by atoms with van der Waals surface area (Å²) in [5, 5.41) is 0. The van der Waals surface area contributed by atoms with E-state index in [1.54, 1.807) is 31.4 Å². The second-order valence-corrected chi connectivity index (χ2v) is 5.24. The Hall–Kier alpha value is -2.49. The van der Waals surface area contributed by atoms with Crippen molar-refractivity contribution in [1.82, 2.24) is 0 Å². The van der Waals surface area contributed by atoms with Crippen molar-refractivity contribution >= 4 is 11.5 Å². The van der Waals surface area contributed by atoms with E-state index in [4.69, 9.17) is 15.2 Å². The summed E-state index contributed by atoms with van der Waals surface area (Å²) in [6, 6.07) is 10.6. The number of nitrogens with two attached hydrogens (primary N) is 1. The molecule has 1 aliphatic heterocycles. The van der Waals surface area contributed by atoms with Crippen LogP contribution in [0.25, 0.3) is 0 Å². The van der Waals surface area contributed by atoms with Gasteiger partial charge in [0.25, 0.3) is 0 Å². The van der Waals surface area contributed by atoms with Crippen LogP contribution >= 0.6 is 0 Å². The lowest BCUT2D eigenvalue weighted by Crippen LogP contribution is -2.06. The molecule has 0 amide bonds. The summed E-state index contributed by atoms with van der Waals surface area (Å²) in [7, 11) is 1.56. The predicted octanol–water partition coefficient (Wildman–Crippen LogP) is 2.83. The molecule has 1 unspecified atom stereocenters. The highest BCUT2D eigenvalue weighted by molar-refractivity contribution is 6.12. The van der Waals surface area contributed by atoms with Crippen LogP contribution in [0.15, 0.2) is 36.4 Å². The Balaban J connectivity index is 1.98. The van der Waals surface area contributed by atoms with Crippen molar-refractivity contribution in [3.63, 3.8) is 0 Å². The average molecular weight is 283 g/mol. The summed E-state index contributed by atoms with van der Waals surface area (Å²) in [6.07, 6.45) is 0.983. The van der Waals surface area contributed by atoms with Crippen LogP contribution < -0.4 is 15.2 Å². The molecule has 0 aliphatic carbocycles. The molecule has 2 N–H and O–H groups in total. The van der Waals surface area contributed by atoms with Crippen LogP contribution in [0.1, 0.15) is 28.4 Å². The number of nitrogen functional groups attached to an aromatic ring is 1. The second kappa shape index (κ2) is 5.13. The number of methoxy groups -OCH3 is 1. The highest BCUT2D eigenvalue weighted by Gasteiger charge is 2.21. The zero-order valence-electron chi connectivity index (χ0n) is 12.1. The molecule has 1 atom stereocenters. The monoisotopic (exact) mass is 283 g/mol. The van der Waals surface area contributed by atoms with Gasteiger partial charge in [0, 0.05) is 23.2 Å². The van der Waals surface area contributed by atoms with Crippen LogP contribution in [0.2, 0.25) is 0 Å². The lowest BCUT2D eigenvalue weighted by molar-refractivity contribution is 0.103. The standard InChI is InChI=1S/C17H17NO3/c1-10-7-12-8-11(3-6-16(12)21-10)17(19)14-9-13(20-2)4-5-15(14)18/h3-6,8-10H,7,18H2,1-2H3. The van der Waals surface area contributed by atoms with Crippen molar-refractivity contribution in [2.45, 2.75) is 19.4 Å². The molecule has 2 aromatic rings. The third kappa shape index (κ3) is 2.44. The van der Waals surface area contributed by atoms with E-state index in [2.05, 4.69) is 0 Å². The molecule has 2 aromatic carbocycles. The molecule has 1 heterocycles. The summed E-state index contributed by atoms with van der Waals surface area (Å²) in [5.41, 5.74) is 8.51. The molecule has 0 fully saturated rings. The van der Waals surface area contributed by atoms with Crippen LogP contribution in [0.4, 0.5) is 5.69 Å². The number of fused-ring (bicyclic) bond motifs is 1. The van der Waals surface area contributed by atoms with Gasteiger partial charge in [-0.2, -0.15) is 0 Å². The highest BCUT2D eigenvalue weighted by Crippen LogP contribution is 2.31. The molecule has 0 saturated carbocycles. The molecule has 4 heteroatoms. The van der Waals surface area contributed by atoms with E-state index < -0.39 is 0 Å². The molecule has 4 nitrogen and oxygen atoms in total. The minimum Gasteiger partial charge on any atom is -0.497 e. The fraction of sp³-hybridized carbons (Fsp3) is 0.235. The minimum absolute atomic E-state index is 0.103. The van der Waals surface area contributed by atoms with E-state index in [-0.39, 0.29) is 11.9 Å². The van der Waals surface area contributed by atoms with Crippen molar-refractivity contribution in [3.05, 3.63) is 53.1 Å². The van der Waals surface area contributed by atoms with E-state index in [1.807, 2.05) is 19.1 Å². The van der Waals surface area contributed by atoms with Gasteiger partial charge in [0.1, 0.15) is 17.6 Å². The predicted molar refractivity (Wildman–Crippen MR) is 81.1 cm³/mol. The number of carbonyl (C=O) groups excluding carboxylic acids is 1. The van der Waals surface area contributed by atoms with Crippen molar-refractivity contribution in [2.75, 3.05) is 12.8 Å². The first-order valence-corrected chi connectivity index (χ1v) is 6.86. The maximum absolute atomic E-state index is 12.6. The Kier molecular flexibility index (Phi) is 3.29. The van der Waals surface area contributed by atoms with E-state index in [0.717, 1.165) is 17.7 Å². The Morgan fingerprint density at radius 2 is 2.10 bits per heavy atom. The van der Waals surface area contributed by atoms with Crippen LogP contribution in [-0.4, -0.2) is 19.0 Å². The zero-order chi connectivity index (χ0) is 15.0. The molecule has 108 valence electrons. The Bertz CT molecular complexity index is 709. The van der Waals surface area contributed by atoms with Gasteiger partial charge in [0.2, 0.25) is 0 Å². The third-order valence-electron chi connectivity index (χ3n) is 3.66. The lowest BCUT2D eigenvalue weighted by Gasteiger charge is -2.08. The van der Waals surface area contributed by atoms with Gasteiger partial charge < -0.3 is 15.2 Å². The quantitative estimate of drug-likeness (QED) is 0.695. The average Bonchev–Trinajstić information content (AvgIpc) is 2.86. The SMILES string of the molecule is COc1ccc(N)c(C(=O)c2ccc3c(c2)CC(C)O3)c1. The van der Waals surface area contributed by atoms with E-state index in [1.165, 1.54) is 0 Å². The smallest absolute Gasteiger partial charge is 0.195 e. The molecule has 21 heavy (non-hydrogen) atoms. The fourth-order valence-corrected chi connectivity index (χ4v) is 2.58. The molecule has 0 aromatic heterocycles. The molecule has 0 bridgehead atoms. The topological polar surface area (TPSA) is 61.5 Å². The zero-order valence-corrected chi connectivity index (χ0v) is 12.1. The molecule has 0 radical (unpaired) electrons. The maximum Gasteiger partial charge on any atom is 0.195 e. The first-order valence-electron chi connectivity index (χ1n) is 6.86. The summed E-state index contributed by atoms with van der Waals surface area (Å²) in [5.74, 6) is 1.37. The van der Waals surface area contributed by atoms with Gasteiger partial charge in [-0.15, -0.1) is 0 Å². The Morgan fingerprint density at radius 1 is 1.29 bits per heavy atom. The van der Waals surface area contributed by atoms with Gasteiger partial charge >= 0.3 is 0 Å². The molecular weight excluding hydrogens is 266 g/mol. The minimum atomic E-state index is -0.103. The number of ether oxygens (including phenoxy) is 2. The molecule has 0 spiro atoms. The van der Waals surface area contributed by atoms with Crippen molar-refractivity contribution in [1.29, 1.82) is 0 Å². The van der Waals surface area contributed by atoms with Gasteiger partial charge in [0.15, 0.2) is 5.78 Å². The second-order valence-electron chi connectivity index (χ2n) is 5.24. The largest absolute Gasteiger partial charge is 0.497 e. The summed E-state index contributed by atoms with van der Waals surface area (Å²) in [6.45, 7) is 2.02. The Morgan fingerprint density at radius 3 is 2.86 bits per heavy atom. The van der Waals surface area contributed by atoms with Crippen LogP contribution in [0.3, 0.4) is 0 Å².